The highest BCUT2D eigenvalue weighted by molar-refractivity contribution is 5.89. The Hall–Kier alpha value is -2.10. The van der Waals surface area contributed by atoms with Gasteiger partial charge in [0.25, 0.3) is 0 Å². The molecule has 1 aromatic carbocycles. The highest BCUT2D eigenvalue weighted by atomic mass is 16.5. The molecule has 4 heteroatoms. The Kier molecular flexibility index (Phi) is 2.95. The summed E-state index contributed by atoms with van der Waals surface area (Å²) in [5.74, 6) is -0.472. The van der Waals surface area contributed by atoms with Gasteiger partial charge < -0.3 is 9.63 Å². The van der Waals surface area contributed by atoms with Crippen LogP contribution in [-0.4, -0.2) is 16.2 Å². The van der Waals surface area contributed by atoms with Crippen LogP contribution >= 0.6 is 0 Å². The van der Waals surface area contributed by atoms with Crippen LogP contribution in [0, 0.1) is 0 Å². The minimum Gasteiger partial charge on any atom is -0.476 e. The van der Waals surface area contributed by atoms with E-state index in [1.54, 1.807) is 0 Å². The van der Waals surface area contributed by atoms with Gasteiger partial charge in [0.15, 0.2) is 11.5 Å². The summed E-state index contributed by atoms with van der Waals surface area (Å²) in [6.07, 6.45) is 0. The van der Waals surface area contributed by atoms with E-state index in [4.69, 9.17) is 9.63 Å². The van der Waals surface area contributed by atoms with Crippen molar-refractivity contribution < 1.29 is 14.4 Å². The molecule has 0 bridgehead atoms. The first-order valence-corrected chi connectivity index (χ1v) is 5.39. The Morgan fingerprint density at radius 3 is 2.47 bits per heavy atom. The number of carbonyl (C=O) groups is 1. The summed E-state index contributed by atoms with van der Waals surface area (Å²) in [5, 5.41) is 12.7. The summed E-state index contributed by atoms with van der Waals surface area (Å²) in [6.45, 7) is 3.84. The third kappa shape index (κ3) is 2.06. The summed E-state index contributed by atoms with van der Waals surface area (Å²) in [6, 6.07) is 9.40. The number of nitrogens with zero attached hydrogens (tertiary/aromatic N) is 1. The number of hydrogen-bond acceptors (Lipinski definition) is 3. The molecule has 88 valence electrons. The van der Waals surface area contributed by atoms with Crippen LogP contribution in [0.1, 0.15) is 35.8 Å². The van der Waals surface area contributed by atoms with E-state index < -0.39 is 5.97 Å². The smallest absolute Gasteiger partial charge is 0.358 e. The molecule has 4 nitrogen and oxygen atoms in total. The molecule has 0 spiro atoms. The predicted molar refractivity (Wildman–Crippen MR) is 63.0 cm³/mol. The lowest BCUT2D eigenvalue weighted by atomic mass is 9.97. The quantitative estimate of drug-likeness (QED) is 0.881. The maximum atomic E-state index is 11.0. The Balaban J connectivity index is 2.60. The van der Waals surface area contributed by atoms with E-state index in [9.17, 15) is 4.79 Å². The fourth-order valence-electron chi connectivity index (χ4n) is 1.78. The summed E-state index contributed by atoms with van der Waals surface area (Å²) >= 11 is 0. The van der Waals surface area contributed by atoms with Gasteiger partial charge in [-0.3, -0.25) is 0 Å². The van der Waals surface area contributed by atoms with Crippen molar-refractivity contribution in [1.82, 2.24) is 5.16 Å². The average molecular weight is 231 g/mol. The Bertz CT molecular complexity index is 529. The van der Waals surface area contributed by atoms with Crippen molar-refractivity contribution in [2.45, 2.75) is 19.8 Å². The van der Waals surface area contributed by atoms with Crippen LogP contribution in [0.5, 0.6) is 0 Å². The highest BCUT2D eigenvalue weighted by Gasteiger charge is 2.24. The first-order chi connectivity index (χ1) is 8.11. The molecule has 1 heterocycles. The van der Waals surface area contributed by atoms with Crippen LogP contribution in [0.2, 0.25) is 0 Å². The normalized spacial score (nSPS) is 10.8. The van der Waals surface area contributed by atoms with Crippen molar-refractivity contribution in [3.63, 3.8) is 0 Å². The van der Waals surface area contributed by atoms with Crippen molar-refractivity contribution in [2.24, 2.45) is 0 Å². The first kappa shape index (κ1) is 11.4. The number of rotatable bonds is 3. The number of carboxylic acid groups (broad SMARTS) is 1. The van der Waals surface area contributed by atoms with Crippen molar-refractivity contribution >= 4 is 5.97 Å². The van der Waals surface area contributed by atoms with Gasteiger partial charge in [-0.05, 0) is 5.92 Å². The van der Waals surface area contributed by atoms with E-state index in [1.807, 2.05) is 44.2 Å². The third-order valence-corrected chi connectivity index (χ3v) is 2.54. The topological polar surface area (TPSA) is 63.3 Å². The van der Waals surface area contributed by atoms with Gasteiger partial charge in [-0.15, -0.1) is 0 Å². The summed E-state index contributed by atoms with van der Waals surface area (Å²) in [7, 11) is 0. The van der Waals surface area contributed by atoms with E-state index in [1.165, 1.54) is 0 Å². The molecule has 2 rings (SSSR count). The highest BCUT2D eigenvalue weighted by Crippen LogP contribution is 2.31. The molecule has 0 aliphatic heterocycles. The Morgan fingerprint density at radius 1 is 1.29 bits per heavy atom. The predicted octanol–water partition coefficient (Wildman–Crippen LogP) is 3.16. The monoisotopic (exact) mass is 231 g/mol. The maximum Gasteiger partial charge on any atom is 0.358 e. The van der Waals surface area contributed by atoms with E-state index in [0.29, 0.717) is 11.3 Å². The van der Waals surface area contributed by atoms with Gasteiger partial charge in [0.1, 0.15) is 0 Å². The van der Waals surface area contributed by atoms with Gasteiger partial charge in [-0.1, -0.05) is 49.3 Å². The largest absolute Gasteiger partial charge is 0.476 e. The number of aromatic nitrogens is 1. The maximum absolute atomic E-state index is 11.0. The third-order valence-electron chi connectivity index (χ3n) is 2.54. The van der Waals surface area contributed by atoms with Crippen LogP contribution < -0.4 is 0 Å². The second-order valence-corrected chi connectivity index (χ2v) is 4.10. The van der Waals surface area contributed by atoms with Crippen molar-refractivity contribution in [2.75, 3.05) is 0 Å². The van der Waals surface area contributed by atoms with Gasteiger partial charge >= 0.3 is 5.97 Å². The molecule has 17 heavy (non-hydrogen) atoms. The summed E-state index contributed by atoms with van der Waals surface area (Å²) in [4.78, 5) is 11.0. The number of carboxylic acids is 1. The van der Waals surface area contributed by atoms with Gasteiger partial charge in [-0.25, -0.2) is 4.79 Å². The average Bonchev–Trinajstić information content (AvgIpc) is 2.74. The molecule has 0 aliphatic carbocycles. The van der Waals surface area contributed by atoms with Gasteiger partial charge in [0.05, 0.1) is 0 Å². The minimum atomic E-state index is -1.06. The van der Waals surface area contributed by atoms with Crippen LogP contribution in [-0.2, 0) is 0 Å². The molecule has 2 aromatic rings. The summed E-state index contributed by atoms with van der Waals surface area (Å²) < 4.78 is 5.17. The lowest BCUT2D eigenvalue weighted by Gasteiger charge is -2.05. The number of aromatic carboxylic acids is 1. The molecule has 0 saturated carbocycles. The lowest BCUT2D eigenvalue weighted by Crippen LogP contribution is -2.03. The zero-order chi connectivity index (χ0) is 12.4. The van der Waals surface area contributed by atoms with Crippen molar-refractivity contribution in [1.29, 1.82) is 0 Å². The molecule has 0 fully saturated rings. The van der Waals surface area contributed by atoms with Crippen LogP contribution in [0.3, 0.4) is 0 Å². The molecule has 1 N–H and O–H groups in total. The van der Waals surface area contributed by atoms with E-state index >= 15 is 0 Å². The molecule has 0 unspecified atom stereocenters. The molecular formula is C13H13NO3. The molecule has 0 atom stereocenters. The zero-order valence-corrected chi connectivity index (χ0v) is 9.68. The lowest BCUT2D eigenvalue weighted by molar-refractivity contribution is 0.0684. The van der Waals surface area contributed by atoms with E-state index in [2.05, 4.69) is 5.16 Å². The molecule has 0 radical (unpaired) electrons. The summed E-state index contributed by atoms with van der Waals surface area (Å²) in [5.41, 5.74) is 1.48. The second-order valence-electron chi connectivity index (χ2n) is 4.10. The molecule has 0 aliphatic rings. The fourth-order valence-corrected chi connectivity index (χ4v) is 1.78. The van der Waals surface area contributed by atoms with Crippen molar-refractivity contribution in [3.8, 4) is 11.3 Å². The molecule has 0 amide bonds. The zero-order valence-electron chi connectivity index (χ0n) is 9.68. The number of benzene rings is 1. The van der Waals surface area contributed by atoms with Gasteiger partial charge in [0, 0.05) is 11.1 Å². The second kappa shape index (κ2) is 4.41. The van der Waals surface area contributed by atoms with E-state index in [0.717, 1.165) is 5.56 Å². The van der Waals surface area contributed by atoms with Gasteiger partial charge in [-0.2, -0.15) is 0 Å². The molecule has 1 aromatic heterocycles. The first-order valence-electron chi connectivity index (χ1n) is 5.39. The van der Waals surface area contributed by atoms with Gasteiger partial charge in [0.2, 0.25) is 0 Å². The fraction of sp³-hybridized carbons (Fsp3) is 0.231. The molecular weight excluding hydrogens is 218 g/mol. The Labute approximate surface area is 98.9 Å². The molecule has 0 saturated heterocycles. The minimum absolute atomic E-state index is 0.00106. The standard InChI is InChI=1S/C13H13NO3/c1-8(2)10-11(13(15)16)14-17-12(10)9-6-4-3-5-7-9/h3-8H,1-2H3,(H,15,16). The van der Waals surface area contributed by atoms with E-state index in [-0.39, 0.29) is 11.6 Å². The van der Waals surface area contributed by atoms with Crippen LogP contribution in [0.4, 0.5) is 0 Å². The van der Waals surface area contributed by atoms with Crippen LogP contribution in [0.15, 0.2) is 34.9 Å². The van der Waals surface area contributed by atoms with Crippen LogP contribution in [0.25, 0.3) is 11.3 Å². The SMILES string of the molecule is CC(C)c1c(C(=O)O)noc1-c1ccccc1. The van der Waals surface area contributed by atoms with Crippen molar-refractivity contribution in [3.05, 3.63) is 41.6 Å². The Morgan fingerprint density at radius 2 is 1.94 bits per heavy atom. The number of hydrogen-bond donors (Lipinski definition) is 1.